The van der Waals surface area contributed by atoms with Gasteiger partial charge in [0.1, 0.15) is 11.3 Å². The van der Waals surface area contributed by atoms with Crippen LogP contribution in [0, 0.1) is 13.8 Å². The molecule has 0 bridgehead atoms. The fraction of sp³-hybridized carbons (Fsp3) is 0.231. The van der Waals surface area contributed by atoms with Crippen LogP contribution in [0.2, 0.25) is 0 Å². The molecule has 3 rings (SSSR count). The van der Waals surface area contributed by atoms with E-state index in [0.717, 1.165) is 33.9 Å². The van der Waals surface area contributed by atoms with Gasteiger partial charge in [-0.05, 0) is 25.1 Å². The second-order valence-electron chi connectivity index (χ2n) is 4.28. The molecule has 0 aliphatic carbocycles. The number of aryl methyl sites for hydroxylation is 2. The van der Waals surface area contributed by atoms with Crippen molar-refractivity contribution in [1.82, 2.24) is 15.0 Å². The van der Waals surface area contributed by atoms with E-state index in [0.29, 0.717) is 12.4 Å². The highest BCUT2D eigenvalue weighted by atomic mass is 16.3. The lowest BCUT2D eigenvalue weighted by Gasteiger charge is -1.97. The number of oxazole rings is 1. The van der Waals surface area contributed by atoms with Gasteiger partial charge in [-0.1, -0.05) is 0 Å². The van der Waals surface area contributed by atoms with E-state index < -0.39 is 0 Å². The second-order valence-corrected chi connectivity index (χ2v) is 4.28. The van der Waals surface area contributed by atoms with Gasteiger partial charge in [0, 0.05) is 18.2 Å². The van der Waals surface area contributed by atoms with Crippen LogP contribution in [0.15, 0.2) is 22.6 Å². The Bertz CT molecular complexity index is 711. The smallest absolute Gasteiger partial charge is 0.192 e. The van der Waals surface area contributed by atoms with E-state index in [9.17, 15) is 0 Å². The first-order chi connectivity index (χ1) is 8.67. The third-order valence-electron chi connectivity index (χ3n) is 2.90. The number of hydrogen-bond acceptors (Lipinski definition) is 4. The van der Waals surface area contributed by atoms with Gasteiger partial charge < -0.3 is 15.1 Å². The van der Waals surface area contributed by atoms with Crippen LogP contribution in [0.1, 0.15) is 17.4 Å². The highest BCUT2D eigenvalue weighted by Gasteiger charge is 2.10. The molecule has 3 aromatic rings. The summed E-state index contributed by atoms with van der Waals surface area (Å²) in [6.45, 7) is 4.23. The van der Waals surface area contributed by atoms with Crippen LogP contribution in [-0.4, -0.2) is 15.0 Å². The lowest BCUT2D eigenvalue weighted by atomic mass is 10.1. The molecule has 0 aliphatic rings. The highest BCUT2D eigenvalue weighted by Crippen LogP contribution is 2.25. The lowest BCUT2D eigenvalue weighted by Crippen LogP contribution is -1.97. The van der Waals surface area contributed by atoms with E-state index in [-0.39, 0.29) is 0 Å². The average molecular weight is 242 g/mol. The Kier molecular flexibility index (Phi) is 2.41. The van der Waals surface area contributed by atoms with E-state index in [1.54, 1.807) is 0 Å². The van der Waals surface area contributed by atoms with Crippen molar-refractivity contribution in [3.63, 3.8) is 0 Å². The van der Waals surface area contributed by atoms with E-state index >= 15 is 0 Å². The van der Waals surface area contributed by atoms with Crippen LogP contribution in [0.3, 0.4) is 0 Å². The maximum absolute atomic E-state index is 5.58. The van der Waals surface area contributed by atoms with Gasteiger partial charge in [-0.3, -0.25) is 0 Å². The predicted octanol–water partition coefficient (Wildman–Crippen LogP) is 2.29. The number of benzene rings is 1. The Balaban J connectivity index is 2.15. The molecule has 0 unspecified atom stereocenters. The second kappa shape index (κ2) is 3.96. The summed E-state index contributed by atoms with van der Waals surface area (Å²) in [6, 6.07) is 5.88. The number of nitrogens with one attached hydrogen (secondary N) is 1. The van der Waals surface area contributed by atoms with Crippen molar-refractivity contribution < 1.29 is 4.42 Å². The van der Waals surface area contributed by atoms with Crippen molar-refractivity contribution in [2.75, 3.05) is 0 Å². The van der Waals surface area contributed by atoms with Crippen molar-refractivity contribution in [1.29, 1.82) is 0 Å². The summed E-state index contributed by atoms with van der Waals surface area (Å²) in [5.41, 5.74) is 10.2. The SMILES string of the molecule is Cc1nc2cc(-c3nc(CN)[nH]c3C)ccc2o1. The molecule has 0 saturated carbocycles. The first kappa shape index (κ1) is 11.0. The summed E-state index contributed by atoms with van der Waals surface area (Å²) >= 11 is 0. The maximum Gasteiger partial charge on any atom is 0.192 e. The number of H-pyrrole nitrogens is 1. The van der Waals surface area contributed by atoms with Gasteiger partial charge in [0.15, 0.2) is 11.5 Å². The maximum atomic E-state index is 5.58. The van der Waals surface area contributed by atoms with Gasteiger partial charge >= 0.3 is 0 Å². The molecule has 5 heteroatoms. The van der Waals surface area contributed by atoms with E-state index in [1.165, 1.54) is 0 Å². The molecule has 1 aromatic carbocycles. The Morgan fingerprint density at radius 1 is 1.28 bits per heavy atom. The highest BCUT2D eigenvalue weighted by molar-refractivity contribution is 5.80. The topological polar surface area (TPSA) is 80.7 Å². The molecule has 18 heavy (non-hydrogen) atoms. The zero-order valence-corrected chi connectivity index (χ0v) is 10.3. The summed E-state index contributed by atoms with van der Waals surface area (Å²) in [6.07, 6.45) is 0. The quantitative estimate of drug-likeness (QED) is 0.722. The third kappa shape index (κ3) is 1.69. The van der Waals surface area contributed by atoms with Crippen LogP contribution in [0.25, 0.3) is 22.4 Å². The Hall–Kier alpha value is -2.14. The van der Waals surface area contributed by atoms with E-state index in [2.05, 4.69) is 15.0 Å². The largest absolute Gasteiger partial charge is 0.441 e. The van der Waals surface area contributed by atoms with E-state index in [1.807, 2.05) is 32.0 Å². The minimum Gasteiger partial charge on any atom is -0.441 e. The molecule has 0 fully saturated rings. The Morgan fingerprint density at radius 3 is 2.83 bits per heavy atom. The number of hydrogen-bond donors (Lipinski definition) is 2. The molecular formula is C13H14N4O. The summed E-state index contributed by atoms with van der Waals surface area (Å²) in [7, 11) is 0. The number of aromatic amines is 1. The lowest BCUT2D eigenvalue weighted by molar-refractivity contribution is 0.561. The molecule has 3 N–H and O–H groups in total. The van der Waals surface area contributed by atoms with E-state index in [4.69, 9.17) is 10.2 Å². The van der Waals surface area contributed by atoms with Crippen molar-refractivity contribution >= 4 is 11.1 Å². The standard InChI is InChI=1S/C13H14N4O/c1-7-13(17-12(6-14)15-7)9-3-4-11-10(5-9)16-8(2)18-11/h3-5H,6,14H2,1-2H3,(H,15,17). The Morgan fingerprint density at radius 2 is 2.11 bits per heavy atom. The first-order valence-electron chi connectivity index (χ1n) is 5.80. The van der Waals surface area contributed by atoms with Crippen LogP contribution in [0.5, 0.6) is 0 Å². The van der Waals surface area contributed by atoms with Gasteiger partial charge in [0.25, 0.3) is 0 Å². The van der Waals surface area contributed by atoms with Crippen LogP contribution in [0.4, 0.5) is 0 Å². The summed E-state index contributed by atoms with van der Waals surface area (Å²) in [5, 5.41) is 0. The fourth-order valence-electron chi connectivity index (χ4n) is 2.09. The van der Waals surface area contributed by atoms with Crippen LogP contribution in [-0.2, 0) is 6.54 Å². The normalized spacial score (nSPS) is 11.3. The molecule has 0 spiro atoms. The number of imidazole rings is 1. The van der Waals surface area contributed by atoms with Crippen LogP contribution >= 0.6 is 0 Å². The zero-order valence-electron chi connectivity index (χ0n) is 10.3. The molecule has 0 saturated heterocycles. The summed E-state index contributed by atoms with van der Waals surface area (Å²) in [5.74, 6) is 1.46. The molecule has 0 amide bonds. The Labute approximate surface area is 104 Å². The number of rotatable bonds is 2. The summed E-state index contributed by atoms with van der Waals surface area (Å²) in [4.78, 5) is 12.0. The minimum atomic E-state index is 0.409. The minimum absolute atomic E-state index is 0.409. The predicted molar refractivity (Wildman–Crippen MR) is 69.0 cm³/mol. The fourth-order valence-corrected chi connectivity index (χ4v) is 2.09. The van der Waals surface area contributed by atoms with Crippen molar-refractivity contribution in [3.05, 3.63) is 35.6 Å². The third-order valence-corrected chi connectivity index (χ3v) is 2.90. The molecule has 2 aromatic heterocycles. The van der Waals surface area contributed by atoms with Crippen molar-refractivity contribution in [2.24, 2.45) is 5.73 Å². The molecule has 5 nitrogen and oxygen atoms in total. The van der Waals surface area contributed by atoms with Crippen molar-refractivity contribution in [2.45, 2.75) is 20.4 Å². The number of nitrogens with zero attached hydrogens (tertiary/aromatic N) is 2. The molecule has 2 heterocycles. The van der Waals surface area contributed by atoms with Gasteiger partial charge in [0.2, 0.25) is 0 Å². The van der Waals surface area contributed by atoms with Gasteiger partial charge in [-0.25, -0.2) is 9.97 Å². The molecule has 0 aliphatic heterocycles. The molecule has 0 radical (unpaired) electrons. The van der Waals surface area contributed by atoms with Gasteiger partial charge in [-0.2, -0.15) is 0 Å². The molecule has 0 atom stereocenters. The molecule has 92 valence electrons. The first-order valence-corrected chi connectivity index (χ1v) is 5.80. The number of fused-ring (bicyclic) bond motifs is 1. The van der Waals surface area contributed by atoms with Gasteiger partial charge in [-0.15, -0.1) is 0 Å². The average Bonchev–Trinajstić information content (AvgIpc) is 2.89. The number of aromatic nitrogens is 3. The van der Waals surface area contributed by atoms with Gasteiger partial charge in [0.05, 0.1) is 12.2 Å². The van der Waals surface area contributed by atoms with Crippen LogP contribution < -0.4 is 5.73 Å². The summed E-state index contributed by atoms with van der Waals surface area (Å²) < 4.78 is 5.46. The monoisotopic (exact) mass is 242 g/mol. The number of nitrogens with two attached hydrogens (primary N) is 1. The zero-order chi connectivity index (χ0) is 12.7. The molecular weight excluding hydrogens is 228 g/mol. The van der Waals surface area contributed by atoms with Crippen molar-refractivity contribution in [3.8, 4) is 11.3 Å².